The summed E-state index contributed by atoms with van der Waals surface area (Å²) in [7, 11) is -5.81. The quantitative estimate of drug-likeness (QED) is 0.159. The number of aromatic nitrogens is 1. The van der Waals surface area contributed by atoms with E-state index < -0.39 is 20.2 Å². The predicted molar refractivity (Wildman–Crippen MR) is 193 cm³/mol. The third-order valence-electron chi connectivity index (χ3n) is 10.3. The molecular weight excluding hydrogens is 665 g/mol. The molecule has 1 aliphatic heterocycles. The third-order valence-corrected chi connectivity index (χ3v) is 12.1. The normalized spacial score (nSPS) is 18.4. The van der Waals surface area contributed by atoms with Gasteiger partial charge in [0.2, 0.25) is 0 Å². The predicted octanol–water partition coefficient (Wildman–Crippen LogP) is 6.65. The van der Waals surface area contributed by atoms with Gasteiger partial charge in [0.05, 0.1) is 9.79 Å². The van der Waals surface area contributed by atoms with Crippen molar-refractivity contribution < 1.29 is 36.2 Å². The summed E-state index contributed by atoms with van der Waals surface area (Å²) in [5, 5.41) is 1.12. The SMILES string of the molecule is CN1CCCC1CCn1cc(C(=O)C2C(C)(C)C2(C)C)c2ccccc21.Cc1ccc(S(=O)(=O)O)cc1.Cc1ccc(S(=O)(=O)O)cc1.O. The summed E-state index contributed by atoms with van der Waals surface area (Å²) in [6, 6.07) is 21.1. The zero-order valence-corrected chi connectivity index (χ0v) is 31.0. The molecule has 0 radical (unpaired) electrons. The van der Waals surface area contributed by atoms with Crippen molar-refractivity contribution in [1.29, 1.82) is 0 Å². The third kappa shape index (κ3) is 9.24. The Morgan fingerprint density at radius 2 is 1.27 bits per heavy atom. The van der Waals surface area contributed by atoms with Gasteiger partial charge in [-0.05, 0) is 87.9 Å². The molecule has 0 bridgehead atoms. The molecule has 1 unspecified atom stereocenters. The van der Waals surface area contributed by atoms with Crippen LogP contribution in [0.3, 0.4) is 0 Å². The molecule has 4 aromatic rings. The van der Waals surface area contributed by atoms with Crippen LogP contribution in [0.25, 0.3) is 10.9 Å². The van der Waals surface area contributed by atoms with E-state index in [1.54, 1.807) is 24.3 Å². The summed E-state index contributed by atoms with van der Waals surface area (Å²) in [4.78, 5) is 15.7. The second-order valence-electron chi connectivity index (χ2n) is 14.1. The Morgan fingerprint density at radius 1 is 0.796 bits per heavy atom. The molecule has 2 fully saturated rings. The minimum Gasteiger partial charge on any atom is -0.412 e. The monoisotopic (exact) mass is 714 g/mol. The Bertz CT molecular complexity index is 1880. The number of para-hydroxylation sites is 1. The number of nitrogens with zero attached hydrogens (tertiary/aromatic N) is 2. The number of carbonyl (C=O) groups is 1. The summed E-state index contributed by atoms with van der Waals surface area (Å²) in [6.45, 7) is 14.8. The molecule has 1 aromatic heterocycles. The molecule has 1 saturated carbocycles. The van der Waals surface area contributed by atoms with Crippen molar-refractivity contribution in [3.05, 3.63) is 95.7 Å². The molecule has 1 aliphatic carbocycles. The Labute approximate surface area is 291 Å². The smallest absolute Gasteiger partial charge is 0.294 e. The molecule has 1 atom stereocenters. The van der Waals surface area contributed by atoms with E-state index in [0.717, 1.165) is 35.0 Å². The summed E-state index contributed by atoms with van der Waals surface area (Å²) in [5.41, 5.74) is 4.20. The first-order valence-corrected chi connectivity index (χ1v) is 19.0. The molecule has 6 rings (SSSR count). The molecule has 3 aromatic carbocycles. The molecule has 4 N–H and O–H groups in total. The number of likely N-dealkylation sites (tertiary alicyclic amines) is 1. The molecule has 0 amide bonds. The van der Waals surface area contributed by atoms with E-state index in [2.05, 4.69) is 74.7 Å². The van der Waals surface area contributed by atoms with Crippen LogP contribution in [-0.2, 0) is 26.8 Å². The standard InChI is InChI=1S/C23H32N2O.2C7H8O3S.H2O/c1-22(2)21(23(22,3)4)20(26)18-15-25(19-11-7-6-10-17(18)19)14-12-16-9-8-13-24(16)5;2*1-6-2-4-7(5-3-6)11(8,9)10;/h6-7,10-11,15-16,21H,8-9,12-14H2,1-5H3;2*2-5H,1H3,(H,8,9,10);1H2. The molecule has 10 nitrogen and oxygen atoms in total. The van der Waals surface area contributed by atoms with Gasteiger partial charge in [-0.3, -0.25) is 13.9 Å². The number of fused-ring (bicyclic) bond motifs is 1. The van der Waals surface area contributed by atoms with Gasteiger partial charge in [-0.2, -0.15) is 16.8 Å². The molecule has 12 heteroatoms. The Kier molecular flexibility index (Phi) is 12.5. The fourth-order valence-corrected chi connectivity index (χ4v) is 7.65. The number of carbonyl (C=O) groups excluding carboxylic acids is 1. The van der Waals surface area contributed by atoms with Crippen LogP contribution in [0.1, 0.15) is 68.4 Å². The average molecular weight is 715 g/mol. The first-order chi connectivity index (χ1) is 22.2. The summed E-state index contributed by atoms with van der Waals surface area (Å²) < 4.78 is 61.4. The van der Waals surface area contributed by atoms with Gasteiger partial charge in [-0.1, -0.05) is 81.3 Å². The Balaban J connectivity index is 0.000000235. The molecule has 2 aliphatic rings. The van der Waals surface area contributed by atoms with Crippen LogP contribution in [0.2, 0.25) is 0 Å². The second kappa shape index (κ2) is 15.2. The minimum atomic E-state index is -4.02. The van der Waals surface area contributed by atoms with Crippen molar-refractivity contribution in [1.82, 2.24) is 9.47 Å². The lowest BCUT2D eigenvalue weighted by Gasteiger charge is -2.19. The molecule has 268 valence electrons. The lowest BCUT2D eigenvalue weighted by atomic mass is 10.0. The Hall–Kier alpha value is -3.39. The van der Waals surface area contributed by atoms with Gasteiger partial charge in [0.1, 0.15) is 0 Å². The van der Waals surface area contributed by atoms with Crippen LogP contribution in [0.15, 0.2) is 88.8 Å². The minimum absolute atomic E-state index is 0. The first-order valence-electron chi connectivity index (χ1n) is 16.2. The van der Waals surface area contributed by atoms with E-state index in [1.165, 1.54) is 49.2 Å². The fraction of sp³-hybridized carbons (Fsp3) is 0.432. The summed E-state index contributed by atoms with van der Waals surface area (Å²) in [6.07, 6.45) is 5.89. The van der Waals surface area contributed by atoms with E-state index >= 15 is 0 Å². The van der Waals surface area contributed by atoms with E-state index in [9.17, 15) is 21.6 Å². The van der Waals surface area contributed by atoms with E-state index in [1.807, 2.05) is 13.8 Å². The van der Waals surface area contributed by atoms with Crippen LogP contribution in [0.5, 0.6) is 0 Å². The molecular formula is C37H50N2O8S2. The highest BCUT2D eigenvalue weighted by Gasteiger charge is 2.68. The zero-order valence-electron chi connectivity index (χ0n) is 29.3. The lowest BCUT2D eigenvalue weighted by Crippen LogP contribution is -2.25. The van der Waals surface area contributed by atoms with Gasteiger partial charge in [0, 0.05) is 41.2 Å². The largest absolute Gasteiger partial charge is 0.412 e. The van der Waals surface area contributed by atoms with Gasteiger partial charge >= 0.3 is 0 Å². The van der Waals surface area contributed by atoms with Crippen LogP contribution in [0.4, 0.5) is 0 Å². The molecule has 49 heavy (non-hydrogen) atoms. The lowest BCUT2D eigenvalue weighted by molar-refractivity contribution is 0.0946. The molecule has 1 saturated heterocycles. The molecule has 2 heterocycles. The summed E-state index contributed by atoms with van der Waals surface area (Å²) in [5.74, 6) is 0.447. The van der Waals surface area contributed by atoms with Crippen molar-refractivity contribution in [2.24, 2.45) is 16.7 Å². The van der Waals surface area contributed by atoms with Gasteiger partial charge in [0.15, 0.2) is 5.78 Å². The van der Waals surface area contributed by atoms with Crippen molar-refractivity contribution in [2.75, 3.05) is 13.6 Å². The highest BCUT2D eigenvalue weighted by Crippen LogP contribution is 2.69. The van der Waals surface area contributed by atoms with Gasteiger partial charge in [-0.25, -0.2) is 0 Å². The van der Waals surface area contributed by atoms with E-state index in [4.69, 9.17) is 9.11 Å². The van der Waals surface area contributed by atoms with Gasteiger partial charge < -0.3 is 14.9 Å². The van der Waals surface area contributed by atoms with E-state index in [0.29, 0.717) is 11.8 Å². The average Bonchev–Trinajstić information content (AvgIpc) is 3.36. The maximum Gasteiger partial charge on any atom is 0.294 e. The van der Waals surface area contributed by atoms with Crippen LogP contribution < -0.4 is 0 Å². The van der Waals surface area contributed by atoms with Gasteiger partial charge in [0.25, 0.3) is 20.2 Å². The van der Waals surface area contributed by atoms with Crippen LogP contribution >= 0.6 is 0 Å². The van der Waals surface area contributed by atoms with Gasteiger partial charge in [-0.15, -0.1) is 0 Å². The molecule has 0 spiro atoms. The number of hydrogen-bond donors (Lipinski definition) is 2. The first kappa shape index (κ1) is 40.0. The number of ketones is 1. The number of Topliss-reactive ketones (excluding diaryl/α,β-unsaturated/α-hetero) is 1. The summed E-state index contributed by atoms with van der Waals surface area (Å²) >= 11 is 0. The van der Waals surface area contributed by atoms with Crippen molar-refractivity contribution in [3.63, 3.8) is 0 Å². The number of rotatable bonds is 7. The number of hydrogen-bond acceptors (Lipinski definition) is 6. The number of benzene rings is 3. The Morgan fingerprint density at radius 3 is 1.67 bits per heavy atom. The van der Waals surface area contributed by atoms with Crippen molar-refractivity contribution in [2.45, 2.75) is 83.2 Å². The van der Waals surface area contributed by atoms with Crippen LogP contribution in [-0.4, -0.2) is 66.3 Å². The number of aryl methyl sites for hydroxylation is 3. The maximum absolute atomic E-state index is 13.4. The highest BCUT2D eigenvalue weighted by atomic mass is 32.2. The van der Waals surface area contributed by atoms with Crippen molar-refractivity contribution in [3.8, 4) is 0 Å². The van der Waals surface area contributed by atoms with E-state index in [-0.39, 0.29) is 32.0 Å². The zero-order chi connectivity index (χ0) is 35.7. The van der Waals surface area contributed by atoms with Crippen molar-refractivity contribution >= 4 is 36.9 Å². The fourth-order valence-electron chi connectivity index (χ4n) is 6.69. The second-order valence-corrected chi connectivity index (χ2v) is 17.0. The topological polar surface area (TPSA) is 165 Å². The van der Waals surface area contributed by atoms with Crippen LogP contribution in [0, 0.1) is 30.6 Å². The maximum atomic E-state index is 13.4. The highest BCUT2D eigenvalue weighted by molar-refractivity contribution is 7.86.